The van der Waals surface area contributed by atoms with E-state index in [9.17, 15) is 4.79 Å². The van der Waals surface area contributed by atoms with Gasteiger partial charge >= 0.3 is 0 Å². The van der Waals surface area contributed by atoms with Crippen LogP contribution >= 0.6 is 12.6 Å². The van der Waals surface area contributed by atoms with Gasteiger partial charge in [-0.05, 0) is 38.3 Å². The standard InChI is InChI=1S/C8H15NOS/c10-8(11)4-3-7-2-1-5-9-6-7/h7,9H,1-6H2,(H,10,11). The highest BCUT2D eigenvalue weighted by Crippen LogP contribution is 2.16. The molecule has 11 heavy (non-hydrogen) atoms. The number of carbonyl (C=O) groups excluding carboxylic acids is 1. The lowest BCUT2D eigenvalue weighted by Crippen LogP contribution is -2.29. The third kappa shape index (κ3) is 3.77. The molecule has 1 aliphatic rings. The number of piperidine rings is 1. The molecule has 0 aromatic rings. The van der Waals surface area contributed by atoms with Gasteiger partial charge in [0.25, 0.3) is 0 Å². The number of hydrogen-bond donors (Lipinski definition) is 2. The van der Waals surface area contributed by atoms with E-state index in [0.29, 0.717) is 12.3 Å². The minimum atomic E-state index is 0.0237. The van der Waals surface area contributed by atoms with Crippen molar-refractivity contribution in [1.29, 1.82) is 0 Å². The third-order valence-corrected chi connectivity index (χ3v) is 2.39. The van der Waals surface area contributed by atoms with Crippen molar-refractivity contribution in [2.75, 3.05) is 13.1 Å². The van der Waals surface area contributed by atoms with E-state index in [1.165, 1.54) is 12.8 Å². The fraction of sp³-hybridized carbons (Fsp3) is 0.875. The SMILES string of the molecule is O=C(S)CCC1CCCNC1. The van der Waals surface area contributed by atoms with E-state index >= 15 is 0 Å². The molecule has 1 rings (SSSR count). The predicted molar refractivity (Wildman–Crippen MR) is 48.8 cm³/mol. The Bertz CT molecular complexity index is 132. The summed E-state index contributed by atoms with van der Waals surface area (Å²) in [4.78, 5) is 10.5. The Balaban J connectivity index is 2.09. The van der Waals surface area contributed by atoms with Crippen molar-refractivity contribution in [2.45, 2.75) is 25.7 Å². The van der Waals surface area contributed by atoms with E-state index in [2.05, 4.69) is 17.9 Å². The Hall–Kier alpha value is -0.0200. The van der Waals surface area contributed by atoms with E-state index in [1.807, 2.05) is 0 Å². The van der Waals surface area contributed by atoms with Crippen LogP contribution in [0, 0.1) is 5.92 Å². The Morgan fingerprint density at radius 3 is 3.00 bits per heavy atom. The molecule has 0 aromatic heterocycles. The normalized spacial score (nSPS) is 25.0. The first-order valence-electron chi connectivity index (χ1n) is 4.21. The molecule has 1 saturated heterocycles. The molecule has 0 aliphatic carbocycles. The second kappa shape index (κ2) is 4.78. The quantitative estimate of drug-likeness (QED) is 0.628. The molecule has 2 nitrogen and oxygen atoms in total. The van der Waals surface area contributed by atoms with Crippen molar-refractivity contribution in [2.24, 2.45) is 5.92 Å². The molecule has 3 heteroatoms. The Kier molecular flexibility index (Phi) is 3.94. The molecular formula is C8H15NOS. The summed E-state index contributed by atoms with van der Waals surface area (Å²) in [7, 11) is 0. The number of rotatable bonds is 3. The van der Waals surface area contributed by atoms with Crippen LogP contribution in [0.4, 0.5) is 0 Å². The number of nitrogens with one attached hydrogen (secondary N) is 1. The van der Waals surface area contributed by atoms with Crippen molar-refractivity contribution in [3.63, 3.8) is 0 Å². The molecule has 64 valence electrons. The monoisotopic (exact) mass is 173 g/mol. The van der Waals surface area contributed by atoms with Crippen LogP contribution in [0.3, 0.4) is 0 Å². The third-order valence-electron chi connectivity index (χ3n) is 2.17. The maximum atomic E-state index is 10.5. The number of thiol groups is 1. The summed E-state index contributed by atoms with van der Waals surface area (Å²) in [6.07, 6.45) is 4.17. The van der Waals surface area contributed by atoms with Crippen LogP contribution in [-0.4, -0.2) is 18.2 Å². The van der Waals surface area contributed by atoms with Crippen LogP contribution in [-0.2, 0) is 4.79 Å². The first-order valence-corrected chi connectivity index (χ1v) is 4.66. The van der Waals surface area contributed by atoms with Gasteiger partial charge in [0.2, 0.25) is 0 Å². The van der Waals surface area contributed by atoms with Gasteiger partial charge in [0.15, 0.2) is 5.12 Å². The lowest BCUT2D eigenvalue weighted by molar-refractivity contribution is -0.111. The minimum absolute atomic E-state index is 0.0237. The molecule has 0 spiro atoms. The highest BCUT2D eigenvalue weighted by Gasteiger charge is 2.12. The van der Waals surface area contributed by atoms with E-state index in [-0.39, 0.29) is 5.12 Å². The van der Waals surface area contributed by atoms with Crippen molar-refractivity contribution in [3.8, 4) is 0 Å². The zero-order valence-corrected chi connectivity index (χ0v) is 7.57. The van der Waals surface area contributed by atoms with Crippen LogP contribution < -0.4 is 5.32 Å². The minimum Gasteiger partial charge on any atom is -0.316 e. The first kappa shape index (κ1) is 9.07. The number of hydrogen-bond acceptors (Lipinski definition) is 2. The van der Waals surface area contributed by atoms with Gasteiger partial charge in [-0.1, -0.05) is 0 Å². The van der Waals surface area contributed by atoms with Gasteiger partial charge in [0.05, 0.1) is 0 Å². The van der Waals surface area contributed by atoms with E-state index in [0.717, 1.165) is 19.5 Å². The highest BCUT2D eigenvalue weighted by molar-refractivity contribution is 7.96. The zero-order valence-electron chi connectivity index (χ0n) is 6.68. The fourth-order valence-corrected chi connectivity index (χ4v) is 1.63. The fourth-order valence-electron chi connectivity index (χ4n) is 1.50. The molecule has 1 N–H and O–H groups in total. The summed E-state index contributed by atoms with van der Waals surface area (Å²) < 4.78 is 0. The molecule has 0 radical (unpaired) electrons. The molecule has 1 unspecified atom stereocenters. The summed E-state index contributed by atoms with van der Waals surface area (Å²) in [6, 6.07) is 0. The van der Waals surface area contributed by atoms with Gasteiger partial charge in [-0.15, -0.1) is 12.6 Å². The van der Waals surface area contributed by atoms with Crippen molar-refractivity contribution in [3.05, 3.63) is 0 Å². The molecule has 1 fully saturated rings. The molecule has 1 atom stereocenters. The maximum Gasteiger partial charge on any atom is 0.185 e. The van der Waals surface area contributed by atoms with Crippen LogP contribution in [0.25, 0.3) is 0 Å². The van der Waals surface area contributed by atoms with Crippen molar-refractivity contribution < 1.29 is 4.79 Å². The largest absolute Gasteiger partial charge is 0.316 e. The van der Waals surface area contributed by atoms with E-state index < -0.39 is 0 Å². The number of carbonyl (C=O) groups is 1. The lowest BCUT2D eigenvalue weighted by Gasteiger charge is -2.21. The van der Waals surface area contributed by atoms with E-state index in [1.54, 1.807) is 0 Å². The summed E-state index contributed by atoms with van der Waals surface area (Å²) >= 11 is 3.74. The zero-order chi connectivity index (χ0) is 8.10. The van der Waals surface area contributed by atoms with Gasteiger partial charge in [-0.25, -0.2) is 0 Å². The van der Waals surface area contributed by atoms with Gasteiger partial charge in [-0.2, -0.15) is 0 Å². The molecular weight excluding hydrogens is 158 g/mol. The van der Waals surface area contributed by atoms with Crippen LogP contribution in [0.2, 0.25) is 0 Å². The maximum absolute atomic E-state index is 10.5. The average Bonchev–Trinajstić information content (AvgIpc) is 2.03. The van der Waals surface area contributed by atoms with Crippen LogP contribution in [0.5, 0.6) is 0 Å². The Morgan fingerprint density at radius 1 is 1.64 bits per heavy atom. The summed E-state index contributed by atoms with van der Waals surface area (Å²) in [5.74, 6) is 0.708. The summed E-state index contributed by atoms with van der Waals surface area (Å²) in [5.41, 5.74) is 0. The topological polar surface area (TPSA) is 29.1 Å². The second-order valence-electron chi connectivity index (χ2n) is 3.14. The van der Waals surface area contributed by atoms with Crippen molar-refractivity contribution in [1.82, 2.24) is 5.32 Å². The van der Waals surface area contributed by atoms with Gasteiger partial charge in [0, 0.05) is 6.42 Å². The molecule has 0 bridgehead atoms. The Morgan fingerprint density at radius 2 is 2.45 bits per heavy atom. The molecule has 0 aromatic carbocycles. The molecule has 1 aliphatic heterocycles. The van der Waals surface area contributed by atoms with Gasteiger partial charge in [0.1, 0.15) is 0 Å². The van der Waals surface area contributed by atoms with Crippen molar-refractivity contribution >= 4 is 17.7 Å². The average molecular weight is 173 g/mol. The Labute approximate surface area is 73.2 Å². The molecule has 0 saturated carbocycles. The first-order chi connectivity index (χ1) is 5.29. The van der Waals surface area contributed by atoms with Gasteiger partial charge in [-0.3, -0.25) is 4.79 Å². The highest BCUT2D eigenvalue weighted by atomic mass is 32.1. The van der Waals surface area contributed by atoms with Crippen LogP contribution in [0.15, 0.2) is 0 Å². The predicted octanol–water partition coefficient (Wildman–Crippen LogP) is 1.22. The summed E-state index contributed by atoms with van der Waals surface area (Å²) in [6.45, 7) is 2.23. The second-order valence-corrected chi connectivity index (χ2v) is 3.64. The molecule has 0 amide bonds. The summed E-state index contributed by atoms with van der Waals surface area (Å²) in [5, 5.41) is 3.35. The smallest absolute Gasteiger partial charge is 0.185 e. The van der Waals surface area contributed by atoms with E-state index in [4.69, 9.17) is 0 Å². The van der Waals surface area contributed by atoms with Gasteiger partial charge < -0.3 is 5.32 Å². The van der Waals surface area contributed by atoms with Crippen LogP contribution in [0.1, 0.15) is 25.7 Å². The lowest BCUT2D eigenvalue weighted by atomic mass is 9.95. The molecule has 1 heterocycles.